The summed E-state index contributed by atoms with van der Waals surface area (Å²) in [7, 11) is 0. The number of Topliss-reactive ketones (excluding diaryl/α,β-unsaturated/α-hetero) is 1. The first-order valence-electron chi connectivity index (χ1n) is 5.48. The highest BCUT2D eigenvalue weighted by Crippen LogP contribution is 2.06. The Hall–Kier alpha value is -1.04. The van der Waals surface area contributed by atoms with Crippen molar-refractivity contribution in [1.29, 1.82) is 0 Å². The van der Waals surface area contributed by atoms with E-state index in [1.807, 2.05) is 0 Å². The average Bonchev–Trinajstić information content (AvgIpc) is 2.38. The summed E-state index contributed by atoms with van der Waals surface area (Å²) >= 11 is 0. The van der Waals surface area contributed by atoms with Gasteiger partial charge in [0.25, 0.3) is 0 Å². The zero-order valence-electron chi connectivity index (χ0n) is 9.46. The van der Waals surface area contributed by atoms with Crippen LogP contribution in [0.2, 0.25) is 0 Å². The minimum absolute atomic E-state index is 0. The molecule has 1 aliphatic rings. The van der Waals surface area contributed by atoms with Crippen molar-refractivity contribution in [3.05, 3.63) is 24.3 Å². The van der Waals surface area contributed by atoms with Crippen LogP contribution in [-0.2, 0) is 4.74 Å². The summed E-state index contributed by atoms with van der Waals surface area (Å²) < 4.78 is 5.52. The fourth-order valence-electron chi connectivity index (χ4n) is 1.67. The van der Waals surface area contributed by atoms with Gasteiger partial charge >= 0.3 is 0 Å². The van der Waals surface area contributed by atoms with Gasteiger partial charge in [-0.3, -0.25) is 9.78 Å². The number of rotatable bonds is 4. The largest absolute Gasteiger partial charge is 0.369 e. The molecule has 1 aromatic rings. The van der Waals surface area contributed by atoms with E-state index in [4.69, 9.17) is 4.74 Å². The van der Waals surface area contributed by atoms with Crippen molar-refractivity contribution in [1.82, 2.24) is 15.3 Å². The van der Waals surface area contributed by atoms with Crippen molar-refractivity contribution in [2.75, 3.05) is 19.7 Å². The van der Waals surface area contributed by atoms with Gasteiger partial charge < -0.3 is 10.1 Å². The number of ketones is 1. The second-order valence-corrected chi connectivity index (χ2v) is 3.79. The lowest BCUT2D eigenvalue weighted by Crippen LogP contribution is -2.36. The SMILES string of the molecule is Cl.O=C(CO[C@H]1CCCNC1)c1cnccn1. The standard InChI is InChI=1S/C11H15N3O2.ClH/c15-11(10-7-13-4-5-14-10)8-16-9-2-1-3-12-6-9;/h4-5,7,9,12H,1-3,6,8H2;1H/t9-;/m0./s1. The van der Waals surface area contributed by atoms with Crippen LogP contribution in [0.1, 0.15) is 23.3 Å². The van der Waals surface area contributed by atoms with Crippen molar-refractivity contribution >= 4 is 18.2 Å². The number of carbonyl (C=O) groups is 1. The molecule has 0 aromatic carbocycles. The van der Waals surface area contributed by atoms with Crippen LogP contribution in [0.25, 0.3) is 0 Å². The third kappa shape index (κ3) is 4.38. The molecule has 0 saturated carbocycles. The topological polar surface area (TPSA) is 64.1 Å². The van der Waals surface area contributed by atoms with Gasteiger partial charge in [-0.1, -0.05) is 0 Å². The number of ether oxygens (including phenoxy) is 1. The fourth-order valence-corrected chi connectivity index (χ4v) is 1.67. The Kier molecular flexibility index (Phi) is 6.04. The highest BCUT2D eigenvalue weighted by atomic mass is 35.5. The van der Waals surface area contributed by atoms with Crippen molar-refractivity contribution in [3.8, 4) is 0 Å². The molecule has 0 radical (unpaired) electrons. The molecule has 0 spiro atoms. The molecule has 94 valence electrons. The van der Waals surface area contributed by atoms with Crippen molar-refractivity contribution in [2.45, 2.75) is 18.9 Å². The smallest absolute Gasteiger partial charge is 0.208 e. The van der Waals surface area contributed by atoms with Crippen molar-refractivity contribution in [2.24, 2.45) is 0 Å². The molecule has 0 bridgehead atoms. The fraction of sp³-hybridized carbons (Fsp3) is 0.545. The van der Waals surface area contributed by atoms with E-state index in [9.17, 15) is 4.79 Å². The number of piperidine rings is 1. The van der Waals surface area contributed by atoms with Gasteiger partial charge in [-0.25, -0.2) is 4.98 Å². The molecule has 17 heavy (non-hydrogen) atoms. The van der Waals surface area contributed by atoms with E-state index in [0.29, 0.717) is 5.69 Å². The monoisotopic (exact) mass is 257 g/mol. The second kappa shape index (κ2) is 7.32. The van der Waals surface area contributed by atoms with Crippen LogP contribution >= 0.6 is 12.4 Å². The summed E-state index contributed by atoms with van der Waals surface area (Å²) in [6.45, 7) is 1.96. The predicted octanol–water partition coefficient (Wildman–Crippen LogP) is 0.850. The number of carbonyl (C=O) groups excluding carboxylic acids is 1. The zero-order valence-corrected chi connectivity index (χ0v) is 10.3. The first-order valence-corrected chi connectivity index (χ1v) is 5.48. The number of halogens is 1. The Labute approximate surface area is 106 Å². The summed E-state index contributed by atoms with van der Waals surface area (Å²) in [5, 5.41) is 3.23. The van der Waals surface area contributed by atoms with Crippen LogP contribution in [0, 0.1) is 0 Å². The molecular weight excluding hydrogens is 242 g/mol. The van der Waals surface area contributed by atoms with Gasteiger partial charge in [-0.05, 0) is 19.4 Å². The first-order chi connectivity index (χ1) is 7.86. The maximum absolute atomic E-state index is 11.6. The Balaban J connectivity index is 0.00000144. The minimum Gasteiger partial charge on any atom is -0.369 e. The molecule has 1 aliphatic heterocycles. The van der Waals surface area contributed by atoms with Gasteiger partial charge in [0, 0.05) is 18.9 Å². The zero-order chi connectivity index (χ0) is 11.2. The van der Waals surface area contributed by atoms with Gasteiger partial charge in [0.1, 0.15) is 12.3 Å². The minimum atomic E-state index is -0.112. The van der Waals surface area contributed by atoms with E-state index < -0.39 is 0 Å². The molecule has 5 nitrogen and oxygen atoms in total. The van der Waals surface area contributed by atoms with E-state index in [1.165, 1.54) is 12.4 Å². The van der Waals surface area contributed by atoms with Gasteiger partial charge in [-0.2, -0.15) is 0 Å². The van der Waals surface area contributed by atoms with Crippen LogP contribution < -0.4 is 5.32 Å². The van der Waals surface area contributed by atoms with Gasteiger partial charge in [0.15, 0.2) is 0 Å². The Morgan fingerprint density at radius 1 is 1.53 bits per heavy atom. The predicted molar refractivity (Wildman–Crippen MR) is 65.5 cm³/mol. The molecule has 1 N–H and O–H groups in total. The summed E-state index contributed by atoms with van der Waals surface area (Å²) in [6.07, 6.45) is 6.78. The highest BCUT2D eigenvalue weighted by molar-refractivity contribution is 5.94. The Morgan fingerprint density at radius 2 is 2.41 bits per heavy atom. The molecule has 1 saturated heterocycles. The van der Waals surface area contributed by atoms with E-state index >= 15 is 0 Å². The van der Waals surface area contributed by atoms with Gasteiger partial charge in [-0.15, -0.1) is 12.4 Å². The summed E-state index contributed by atoms with van der Waals surface area (Å²) in [5.41, 5.74) is 0.367. The quantitative estimate of drug-likeness (QED) is 0.811. The normalized spacial score (nSPS) is 19.4. The summed E-state index contributed by atoms with van der Waals surface area (Å²) in [4.78, 5) is 19.4. The molecule has 2 heterocycles. The highest BCUT2D eigenvalue weighted by Gasteiger charge is 2.15. The van der Waals surface area contributed by atoms with Crippen LogP contribution in [0.5, 0.6) is 0 Å². The maximum Gasteiger partial charge on any atom is 0.208 e. The third-order valence-electron chi connectivity index (χ3n) is 2.55. The van der Waals surface area contributed by atoms with E-state index in [0.717, 1.165) is 25.9 Å². The maximum atomic E-state index is 11.6. The number of aromatic nitrogens is 2. The number of nitrogens with one attached hydrogen (secondary N) is 1. The lowest BCUT2D eigenvalue weighted by molar-refractivity contribution is 0.0344. The molecule has 0 unspecified atom stereocenters. The van der Waals surface area contributed by atoms with E-state index in [-0.39, 0.29) is 30.9 Å². The number of hydrogen-bond donors (Lipinski definition) is 1. The first kappa shape index (κ1) is 14.0. The molecule has 0 amide bonds. The summed E-state index contributed by atoms with van der Waals surface area (Å²) in [5.74, 6) is -0.112. The van der Waals surface area contributed by atoms with Crippen LogP contribution in [-0.4, -0.2) is 41.6 Å². The van der Waals surface area contributed by atoms with Gasteiger partial charge in [0.2, 0.25) is 5.78 Å². The van der Waals surface area contributed by atoms with Gasteiger partial charge in [0.05, 0.1) is 12.3 Å². The summed E-state index contributed by atoms with van der Waals surface area (Å²) in [6, 6.07) is 0. The lowest BCUT2D eigenvalue weighted by atomic mass is 10.1. The van der Waals surface area contributed by atoms with Crippen molar-refractivity contribution in [3.63, 3.8) is 0 Å². The van der Waals surface area contributed by atoms with Crippen LogP contribution in [0.3, 0.4) is 0 Å². The Bertz CT molecular complexity index is 342. The number of hydrogen-bond acceptors (Lipinski definition) is 5. The average molecular weight is 258 g/mol. The molecule has 2 rings (SSSR count). The van der Waals surface area contributed by atoms with Crippen LogP contribution in [0.4, 0.5) is 0 Å². The molecule has 6 heteroatoms. The molecule has 0 aliphatic carbocycles. The lowest BCUT2D eigenvalue weighted by Gasteiger charge is -2.22. The third-order valence-corrected chi connectivity index (χ3v) is 2.55. The number of nitrogens with zero attached hydrogens (tertiary/aromatic N) is 2. The van der Waals surface area contributed by atoms with Crippen LogP contribution in [0.15, 0.2) is 18.6 Å². The molecule has 1 atom stereocenters. The molecular formula is C11H16ClN3O2. The Morgan fingerprint density at radius 3 is 3.06 bits per heavy atom. The second-order valence-electron chi connectivity index (χ2n) is 3.79. The molecule has 1 fully saturated rings. The van der Waals surface area contributed by atoms with E-state index in [1.54, 1.807) is 6.20 Å². The molecule has 1 aromatic heterocycles. The van der Waals surface area contributed by atoms with Crippen molar-refractivity contribution < 1.29 is 9.53 Å². The van der Waals surface area contributed by atoms with E-state index in [2.05, 4.69) is 15.3 Å².